The van der Waals surface area contributed by atoms with Crippen molar-refractivity contribution >= 4 is 27.7 Å². The fraction of sp³-hybridized carbons (Fsp3) is 0.133. The van der Waals surface area contributed by atoms with Crippen LogP contribution in [0.4, 0.5) is 4.79 Å². The van der Waals surface area contributed by atoms with E-state index in [4.69, 9.17) is 11.6 Å². The summed E-state index contributed by atoms with van der Waals surface area (Å²) in [5.74, 6) is 0. The Morgan fingerprint density at radius 3 is 2.45 bits per heavy atom. The molecule has 0 saturated heterocycles. The molecule has 0 aliphatic heterocycles. The Kier molecular flexibility index (Phi) is 5.05. The molecule has 2 N–H and O–H groups in total. The lowest BCUT2D eigenvalue weighted by molar-refractivity contribution is 0.245. The number of sulfonamides is 1. The quantitative estimate of drug-likeness (QED) is 0.900. The van der Waals surface area contributed by atoms with Crippen LogP contribution in [0.5, 0.6) is 0 Å². The summed E-state index contributed by atoms with van der Waals surface area (Å²) < 4.78 is 26.0. The van der Waals surface area contributed by atoms with E-state index in [0.717, 1.165) is 11.1 Å². The van der Waals surface area contributed by atoms with E-state index in [-0.39, 0.29) is 11.4 Å². The van der Waals surface area contributed by atoms with E-state index < -0.39 is 16.1 Å². The lowest BCUT2D eigenvalue weighted by Crippen LogP contribution is -2.39. The maximum absolute atomic E-state index is 12.0. The number of hydrogen-bond donors (Lipinski definition) is 2. The summed E-state index contributed by atoms with van der Waals surface area (Å²) in [5, 5.41) is 3.02. The van der Waals surface area contributed by atoms with Gasteiger partial charge in [-0.05, 0) is 36.8 Å². The van der Waals surface area contributed by atoms with Gasteiger partial charge in [0.15, 0.2) is 0 Å². The van der Waals surface area contributed by atoms with E-state index in [1.807, 2.05) is 11.6 Å². The van der Waals surface area contributed by atoms with Crippen LogP contribution in [-0.2, 0) is 16.6 Å². The van der Waals surface area contributed by atoms with Crippen molar-refractivity contribution in [1.82, 2.24) is 10.0 Å². The van der Waals surface area contributed by atoms with Crippen LogP contribution in [0.2, 0.25) is 5.02 Å². The summed E-state index contributed by atoms with van der Waals surface area (Å²) in [7, 11) is -3.88. The number of rotatable bonds is 4. The van der Waals surface area contributed by atoms with Gasteiger partial charge in [-0.25, -0.2) is 17.9 Å². The molecule has 0 heterocycles. The van der Waals surface area contributed by atoms with Gasteiger partial charge in [0.25, 0.3) is 10.0 Å². The van der Waals surface area contributed by atoms with Gasteiger partial charge in [-0.1, -0.05) is 41.4 Å². The second-order valence-electron chi connectivity index (χ2n) is 4.73. The molecule has 0 aliphatic rings. The van der Waals surface area contributed by atoms with Crippen molar-refractivity contribution in [3.63, 3.8) is 0 Å². The average Bonchev–Trinajstić information content (AvgIpc) is 2.45. The van der Waals surface area contributed by atoms with Crippen LogP contribution >= 0.6 is 11.6 Å². The number of benzene rings is 2. The number of urea groups is 1. The molecule has 0 aliphatic carbocycles. The standard InChI is InChI=1S/C15H15ClN2O3S/c1-11-5-7-14(8-6-11)22(20,21)18-15(19)17-10-12-3-2-4-13(16)9-12/h2-9H,10H2,1H3,(H2,17,18,19). The zero-order valence-corrected chi connectivity index (χ0v) is 13.4. The van der Waals surface area contributed by atoms with Gasteiger partial charge >= 0.3 is 6.03 Å². The second kappa shape index (κ2) is 6.81. The lowest BCUT2D eigenvalue weighted by Gasteiger charge is -2.09. The highest BCUT2D eigenvalue weighted by Crippen LogP contribution is 2.11. The summed E-state index contributed by atoms with van der Waals surface area (Å²) in [4.78, 5) is 11.8. The van der Waals surface area contributed by atoms with Crippen molar-refractivity contribution in [1.29, 1.82) is 0 Å². The van der Waals surface area contributed by atoms with Gasteiger partial charge in [0, 0.05) is 11.6 Å². The molecule has 0 spiro atoms. The zero-order chi connectivity index (χ0) is 16.2. The Hall–Kier alpha value is -2.05. The molecule has 0 saturated carbocycles. The highest BCUT2D eigenvalue weighted by atomic mass is 35.5. The summed E-state index contributed by atoms with van der Waals surface area (Å²) >= 11 is 5.84. The Bertz CT molecular complexity index is 774. The van der Waals surface area contributed by atoms with Crippen LogP contribution in [0.25, 0.3) is 0 Å². The van der Waals surface area contributed by atoms with Crippen LogP contribution in [0.15, 0.2) is 53.4 Å². The molecule has 0 bridgehead atoms. The van der Waals surface area contributed by atoms with Gasteiger partial charge in [0.1, 0.15) is 0 Å². The molecule has 0 atom stereocenters. The fourth-order valence-electron chi connectivity index (χ4n) is 1.76. The number of halogens is 1. The largest absolute Gasteiger partial charge is 0.333 e. The number of nitrogens with one attached hydrogen (secondary N) is 2. The maximum Gasteiger partial charge on any atom is 0.328 e. The van der Waals surface area contributed by atoms with E-state index in [1.54, 1.807) is 36.4 Å². The van der Waals surface area contributed by atoms with Crippen molar-refractivity contribution in [2.24, 2.45) is 0 Å². The van der Waals surface area contributed by atoms with Crippen LogP contribution in [0.3, 0.4) is 0 Å². The highest BCUT2D eigenvalue weighted by Gasteiger charge is 2.16. The molecular formula is C15H15ClN2O3S. The first-order chi connectivity index (χ1) is 10.4. The fourth-order valence-corrected chi connectivity index (χ4v) is 2.91. The Labute approximate surface area is 134 Å². The van der Waals surface area contributed by atoms with E-state index >= 15 is 0 Å². The molecule has 0 radical (unpaired) electrons. The van der Waals surface area contributed by atoms with Gasteiger partial charge in [0.2, 0.25) is 0 Å². The van der Waals surface area contributed by atoms with Gasteiger partial charge < -0.3 is 5.32 Å². The molecule has 0 unspecified atom stereocenters. The molecule has 0 aromatic heterocycles. The van der Waals surface area contributed by atoms with E-state index in [9.17, 15) is 13.2 Å². The van der Waals surface area contributed by atoms with Crippen LogP contribution in [0, 0.1) is 6.92 Å². The number of carbonyl (C=O) groups is 1. The van der Waals surface area contributed by atoms with Crippen molar-refractivity contribution in [3.8, 4) is 0 Å². The van der Waals surface area contributed by atoms with Crippen molar-refractivity contribution < 1.29 is 13.2 Å². The first-order valence-electron chi connectivity index (χ1n) is 6.48. The SMILES string of the molecule is Cc1ccc(S(=O)(=O)NC(=O)NCc2cccc(Cl)c2)cc1. The maximum atomic E-state index is 12.0. The molecule has 2 aromatic carbocycles. The smallest absolute Gasteiger partial charge is 0.328 e. The van der Waals surface area contributed by atoms with Gasteiger partial charge in [-0.15, -0.1) is 0 Å². The third kappa shape index (κ3) is 4.47. The molecule has 22 heavy (non-hydrogen) atoms. The lowest BCUT2D eigenvalue weighted by atomic mass is 10.2. The normalized spacial score (nSPS) is 11.0. The van der Waals surface area contributed by atoms with Crippen molar-refractivity contribution in [2.75, 3.05) is 0 Å². The topological polar surface area (TPSA) is 75.3 Å². The summed E-state index contributed by atoms with van der Waals surface area (Å²) in [6.45, 7) is 2.03. The summed E-state index contributed by atoms with van der Waals surface area (Å²) in [6, 6.07) is 12.4. The second-order valence-corrected chi connectivity index (χ2v) is 6.85. The third-order valence-electron chi connectivity index (χ3n) is 2.90. The summed E-state index contributed by atoms with van der Waals surface area (Å²) in [6.07, 6.45) is 0. The van der Waals surface area contributed by atoms with E-state index in [2.05, 4.69) is 5.32 Å². The molecule has 2 aromatic rings. The van der Waals surface area contributed by atoms with Crippen LogP contribution in [0.1, 0.15) is 11.1 Å². The average molecular weight is 339 g/mol. The molecule has 7 heteroatoms. The molecular weight excluding hydrogens is 324 g/mol. The molecule has 5 nitrogen and oxygen atoms in total. The highest BCUT2D eigenvalue weighted by molar-refractivity contribution is 7.90. The first-order valence-corrected chi connectivity index (χ1v) is 8.35. The Morgan fingerprint density at radius 2 is 1.82 bits per heavy atom. The molecule has 2 amide bonds. The first kappa shape index (κ1) is 16.3. The van der Waals surface area contributed by atoms with Gasteiger partial charge in [-0.2, -0.15) is 0 Å². The molecule has 2 rings (SSSR count). The number of amides is 2. The van der Waals surface area contributed by atoms with Crippen molar-refractivity contribution in [2.45, 2.75) is 18.4 Å². The van der Waals surface area contributed by atoms with Crippen LogP contribution < -0.4 is 10.0 Å². The summed E-state index contributed by atoms with van der Waals surface area (Å²) in [5.41, 5.74) is 1.71. The zero-order valence-electron chi connectivity index (χ0n) is 11.8. The number of hydrogen-bond acceptors (Lipinski definition) is 3. The van der Waals surface area contributed by atoms with E-state index in [0.29, 0.717) is 5.02 Å². The minimum atomic E-state index is -3.88. The Balaban J connectivity index is 1.97. The van der Waals surface area contributed by atoms with Gasteiger partial charge in [0.05, 0.1) is 4.90 Å². The minimum Gasteiger partial charge on any atom is -0.333 e. The molecule has 116 valence electrons. The number of carbonyl (C=O) groups excluding carboxylic acids is 1. The molecule has 0 fully saturated rings. The Morgan fingerprint density at radius 1 is 1.14 bits per heavy atom. The van der Waals surface area contributed by atoms with Crippen molar-refractivity contribution in [3.05, 3.63) is 64.7 Å². The minimum absolute atomic E-state index is 0.0380. The van der Waals surface area contributed by atoms with E-state index in [1.165, 1.54) is 12.1 Å². The van der Waals surface area contributed by atoms with Gasteiger partial charge in [-0.3, -0.25) is 0 Å². The van der Waals surface area contributed by atoms with Crippen LogP contribution in [-0.4, -0.2) is 14.4 Å². The predicted molar refractivity (Wildman–Crippen MR) is 85.2 cm³/mol. The number of aryl methyl sites for hydroxylation is 1. The third-order valence-corrected chi connectivity index (χ3v) is 4.48. The monoisotopic (exact) mass is 338 g/mol. The predicted octanol–water partition coefficient (Wildman–Crippen LogP) is 2.84.